The molecule has 1 fully saturated rings. The zero-order chi connectivity index (χ0) is 16.4. The van der Waals surface area contributed by atoms with E-state index < -0.39 is 0 Å². The maximum Gasteiger partial charge on any atom is 0.239 e. The van der Waals surface area contributed by atoms with Gasteiger partial charge in [0.1, 0.15) is 0 Å². The molecule has 1 amide bonds. The molecule has 5 heteroatoms. The monoisotopic (exact) mass is 331 g/mol. The highest BCUT2D eigenvalue weighted by atomic mass is 32.1. The first-order valence-electron chi connectivity index (χ1n) is 8.50. The van der Waals surface area contributed by atoms with Crippen molar-refractivity contribution in [1.29, 1.82) is 0 Å². The minimum Gasteiger partial charge on any atom is -0.341 e. The lowest BCUT2D eigenvalue weighted by atomic mass is 9.94. The smallest absolute Gasteiger partial charge is 0.239 e. The van der Waals surface area contributed by atoms with E-state index in [1.165, 1.54) is 9.71 Å². The number of hydrogen-bond donors (Lipinski definition) is 1. The van der Waals surface area contributed by atoms with Crippen molar-refractivity contribution >= 4 is 27.5 Å². The van der Waals surface area contributed by atoms with Crippen molar-refractivity contribution in [3.8, 4) is 0 Å². The third-order valence-corrected chi connectivity index (χ3v) is 6.21. The van der Waals surface area contributed by atoms with E-state index in [1.807, 2.05) is 11.0 Å². The molecule has 1 aliphatic rings. The van der Waals surface area contributed by atoms with Gasteiger partial charge in [0.2, 0.25) is 5.91 Å². The number of carbonyl (C=O) groups is 1. The Hall–Kier alpha value is -1.46. The molecule has 2 N–H and O–H groups in total. The second-order valence-electron chi connectivity index (χ2n) is 6.53. The number of piperidine rings is 1. The van der Waals surface area contributed by atoms with E-state index in [0.717, 1.165) is 37.9 Å². The van der Waals surface area contributed by atoms with Crippen LogP contribution in [0, 0.1) is 5.92 Å². The first-order chi connectivity index (χ1) is 11.1. The van der Waals surface area contributed by atoms with E-state index in [9.17, 15) is 4.79 Å². The Morgan fingerprint density at radius 3 is 2.74 bits per heavy atom. The summed E-state index contributed by atoms with van der Waals surface area (Å²) in [4.78, 5) is 19.2. The fourth-order valence-corrected chi connectivity index (χ4v) is 4.26. The van der Waals surface area contributed by atoms with Gasteiger partial charge >= 0.3 is 0 Å². The fourth-order valence-electron chi connectivity index (χ4n) is 3.12. The van der Waals surface area contributed by atoms with Gasteiger partial charge < -0.3 is 10.6 Å². The molecule has 2 aromatic rings. The van der Waals surface area contributed by atoms with Gasteiger partial charge in [-0.25, -0.2) is 4.98 Å². The maximum atomic E-state index is 12.5. The molecule has 2 heterocycles. The van der Waals surface area contributed by atoms with Gasteiger partial charge in [0.25, 0.3) is 0 Å². The number of likely N-dealkylation sites (tertiary alicyclic amines) is 1. The summed E-state index contributed by atoms with van der Waals surface area (Å²) in [5, 5.41) is 1.21. The van der Waals surface area contributed by atoms with Crippen LogP contribution in [0.2, 0.25) is 0 Å². The van der Waals surface area contributed by atoms with Crippen molar-refractivity contribution in [2.24, 2.45) is 11.7 Å². The maximum absolute atomic E-state index is 12.5. The normalized spacial score (nSPS) is 19.0. The van der Waals surface area contributed by atoms with Crippen LogP contribution in [0.15, 0.2) is 24.3 Å². The van der Waals surface area contributed by atoms with Crippen LogP contribution in [-0.4, -0.2) is 34.9 Å². The van der Waals surface area contributed by atoms with Crippen molar-refractivity contribution in [1.82, 2.24) is 9.88 Å². The quantitative estimate of drug-likeness (QED) is 0.934. The Labute approximate surface area is 141 Å². The van der Waals surface area contributed by atoms with E-state index >= 15 is 0 Å². The molecule has 1 aliphatic heterocycles. The first-order valence-corrected chi connectivity index (χ1v) is 9.31. The van der Waals surface area contributed by atoms with Crippen LogP contribution in [0.1, 0.15) is 44.0 Å². The standard InChI is InChI=1S/C18H25N3OS/c1-3-12(2)16(19)18(22)21-10-8-13(9-11-21)17-20-14-6-4-5-7-15(14)23-17/h4-7,12-13,16H,3,8-11,19H2,1-2H3. The molecule has 124 valence electrons. The average molecular weight is 331 g/mol. The molecule has 1 aromatic carbocycles. The Bertz CT molecular complexity index is 643. The second-order valence-corrected chi connectivity index (χ2v) is 7.59. The lowest BCUT2D eigenvalue weighted by molar-refractivity contribution is -0.134. The summed E-state index contributed by atoms with van der Waals surface area (Å²) >= 11 is 1.79. The fraction of sp³-hybridized carbons (Fsp3) is 0.556. The van der Waals surface area contributed by atoms with Gasteiger partial charge in [-0.15, -0.1) is 11.3 Å². The van der Waals surface area contributed by atoms with Crippen molar-refractivity contribution in [2.45, 2.75) is 45.1 Å². The number of aromatic nitrogens is 1. The van der Waals surface area contributed by atoms with E-state index in [2.05, 4.69) is 32.0 Å². The summed E-state index contributed by atoms with van der Waals surface area (Å²) in [6.07, 6.45) is 2.91. The molecule has 2 unspecified atom stereocenters. The Balaban J connectivity index is 1.63. The van der Waals surface area contributed by atoms with Crippen molar-refractivity contribution in [2.75, 3.05) is 13.1 Å². The van der Waals surface area contributed by atoms with Crippen LogP contribution in [0.25, 0.3) is 10.2 Å². The molecule has 4 nitrogen and oxygen atoms in total. The van der Waals surface area contributed by atoms with Crippen LogP contribution >= 0.6 is 11.3 Å². The van der Waals surface area contributed by atoms with Crippen molar-refractivity contribution in [3.05, 3.63) is 29.3 Å². The zero-order valence-corrected chi connectivity index (χ0v) is 14.7. The van der Waals surface area contributed by atoms with E-state index in [4.69, 9.17) is 10.7 Å². The number of nitrogens with zero attached hydrogens (tertiary/aromatic N) is 2. The number of amides is 1. The number of fused-ring (bicyclic) bond motifs is 1. The summed E-state index contributed by atoms with van der Waals surface area (Å²) < 4.78 is 1.25. The highest BCUT2D eigenvalue weighted by Gasteiger charge is 2.30. The van der Waals surface area contributed by atoms with E-state index in [-0.39, 0.29) is 17.9 Å². The summed E-state index contributed by atoms with van der Waals surface area (Å²) in [6.45, 7) is 5.72. The number of benzene rings is 1. The third kappa shape index (κ3) is 3.40. The van der Waals surface area contributed by atoms with Gasteiger partial charge in [-0.3, -0.25) is 4.79 Å². The van der Waals surface area contributed by atoms with Crippen LogP contribution < -0.4 is 5.73 Å². The Kier molecular flexibility index (Phi) is 4.97. The van der Waals surface area contributed by atoms with Gasteiger partial charge in [-0.1, -0.05) is 32.4 Å². The van der Waals surface area contributed by atoms with Gasteiger partial charge in [-0.2, -0.15) is 0 Å². The predicted octanol–water partition coefficient (Wildman–Crippen LogP) is 3.38. The van der Waals surface area contributed by atoms with E-state index in [1.54, 1.807) is 11.3 Å². The molecule has 0 radical (unpaired) electrons. The molecule has 0 bridgehead atoms. The highest BCUT2D eigenvalue weighted by molar-refractivity contribution is 7.18. The molecule has 23 heavy (non-hydrogen) atoms. The number of carbonyl (C=O) groups excluding carboxylic acids is 1. The molecule has 1 aromatic heterocycles. The largest absolute Gasteiger partial charge is 0.341 e. The van der Waals surface area contributed by atoms with Crippen molar-refractivity contribution in [3.63, 3.8) is 0 Å². The summed E-state index contributed by atoms with van der Waals surface area (Å²) in [5.41, 5.74) is 7.19. The molecular weight excluding hydrogens is 306 g/mol. The predicted molar refractivity (Wildman–Crippen MR) is 95.6 cm³/mol. The van der Waals surface area contributed by atoms with Crippen LogP contribution in [-0.2, 0) is 4.79 Å². The molecule has 0 spiro atoms. The molecular formula is C18H25N3OS. The number of rotatable bonds is 4. The Morgan fingerprint density at radius 2 is 2.09 bits per heavy atom. The first kappa shape index (κ1) is 16.4. The lowest BCUT2D eigenvalue weighted by Crippen LogP contribution is -2.49. The summed E-state index contributed by atoms with van der Waals surface area (Å²) in [5.74, 6) is 0.822. The second kappa shape index (κ2) is 6.97. The molecule has 2 atom stereocenters. The summed E-state index contributed by atoms with van der Waals surface area (Å²) in [6, 6.07) is 7.92. The lowest BCUT2D eigenvalue weighted by Gasteiger charge is -2.34. The molecule has 0 saturated carbocycles. The minimum atomic E-state index is -0.362. The molecule has 1 saturated heterocycles. The number of para-hydroxylation sites is 1. The highest BCUT2D eigenvalue weighted by Crippen LogP contribution is 2.34. The number of nitrogens with two attached hydrogens (primary N) is 1. The topological polar surface area (TPSA) is 59.2 Å². The average Bonchev–Trinajstić information content (AvgIpc) is 3.04. The minimum absolute atomic E-state index is 0.113. The van der Waals surface area contributed by atoms with Crippen LogP contribution in [0.3, 0.4) is 0 Å². The van der Waals surface area contributed by atoms with Gasteiger partial charge in [0, 0.05) is 19.0 Å². The molecule has 0 aliphatic carbocycles. The van der Waals surface area contributed by atoms with Crippen LogP contribution in [0.5, 0.6) is 0 Å². The van der Waals surface area contributed by atoms with Gasteiger partial charge in [0.15, 0.2) is 0 Å². The molecule has 3 rings (SSSR count). The Morgan fingerprint density at radius 1 is 1.39 bits per heavy atom. The van der Waals surface area contributed by atoms with Crippen LogP contribution in [0.4, 0.5) is 0 Å². The third-order valence-electron chi connectivity index (χ3n) is 5.01. The van der Waals surface area contributed by atoms with E-state index in [0.29, 0.717) is 5.92 Å². The van der Waals surface area contributed by atoms with Gasteiger partial charge in [-0.05, 0) is 30.9 Å². The zero-order valence-electron chi connectivity index (χ0n) is 13.9. The SMILES string of the molecule is CCC(C)C(N)C(=O)N1CCC(c2nc3ccccc3s2)CC1. The van der Waals surface area contributed by atoms with Gasteiger partial charge in [0.05, 0.1) is 21.3 Å². The number of thiazole rings is 1. The summed E-state index contributed by atoms with van der Waals surface area (Å²) in [7, 11) is 0. The van der Waals surface area contributed by atoms with Crippen molar-refractivity contribution < 1.29 is 4.79 Å². The number of hydrogen-bond acceptors (Lipinski definition) is 4.